The molecule has 5 aromatic carbocycles. The molecule has 8 heteroatoms. The maximum Gasteiger partial charge on any atom is 0.591 e. The molecule has 0 spiro atoms. The van der Waals surface area contributed by atoms with Crippen LogP contribution in [0.15, 0.2) is 72.8 Å². The average molecular weight is 651 g/mol. The van der Waals surface area contributed by atoms with Gasteiger partial charge in [-0.05, 0) is 120 Å². The second-order valence-corrected chi connectivity index (χ2v) is 14.9. The van der Waals surface area contributed by atoms with Crippen LogP contribution in [0.25, 0.3) is 43.1 Å². The molecule has 0 atom stereocenters. The SMILES string of the molecule is CCO[Si](C#Cc1c2ccccc2c(C#C[Si](OCC)(OCC)OCC)c2cc3cc4ccccc4cc3cc12)(OCC)OCC. The van der Waals surface area contributed by atoms with Crippen molar-refractivity contribution < 1.29 is 26.6 Å². The van der Waals surface area contributed by atoms with E-state index in [0.717, 1.165) is 43.4 Å². The van der Waals surface area contributed by atoms with Gasteiger partial charge in [-0.2, -0.15) is 0 Å². The highest BCUT2D eigenvalue weighted by Crippen LogP contribution is 2.36. The van der Waals surface area contributed by atoms with E-state index in [1.807, 2.05) is 53.7 Å². The van der Waals surface area contributed by atoms with Gasteiger partial charge in [0, 0.05) is 50.8 Å². The van der Waals surface area contributed by atoms with E-state index >= 15 is 0 Å². The zero-order valence-electron chi connectivity index (χ0n) is 27.6. The third kappa shape index (κ3) is 7.06. The zero-order valence-corrected chi connectivity index (χ0v) is 29.6. The lowest BCUT2D eigenvalue weighted by Crippen LogP contribution is -2.45. The summed E-state index contributed by atoms with van der Waals surface area (Å²) in [6.07, 6.45) is 0. The van der Waals surface area contributed by atoms with Gasteiger partial charge in [0.15, 0.2) is 0 Å². The quantitative estimate of drug-likeness (QED) is 0.0772. The van der Waals surface area contributed by atoms with Gasteiger partial charge >= 0.3 is 17.6 Å². The van der Waals surface area contributed by atoms with E-state index in [2.05, 4.69) is 83.6 Å². The van der Waals surface area contributed by atoms with Gasteiger partial charge in [-0.3, -0.25) is 0 Å². The fraction of sp³-hybridized carbons (Fsp3) is 0.316. The molecule has 0 saturated carbocycles. The number of rotatable bonds is 12. The lowest BCUT2D eigenvalue weighted by Gasteiger charge is -2.23. The second kappa shape index (κ2) is 15.4. The molecule has 238 valence electrons. The molecule has 0 radical (unpaired) electrons. The van der Waals surface area contributed by atoms with Crippen molar-refractivity contribution >= 4 is 60.7 Å². The van der Waals surface area contributed by atoms with E-state index < -0.39 is 17.6 Å². The summed E-state index contributed by atoms with van der Waals surface area (Å²) in [4.78, 5) is 0. The molecule has 0 aliphatic rings. The van der Waals surface area contributed by atoms with Crippen molar-refractivity contribution in [1.82, 2.24) is 0 Å². The van der Waals surface area contributed by atoms with Crippen LogP contribution in [0.5, 0.6) is 0 Å². The number of fused-ring (bicyclic) bond motifs is 4. The number of benzene rings is 5. The van der Waals surface area contributed by atoms with Crippen molar-refractivity contribution in [3.8, 4) is 22.9 Å². The predicted molar refractivity (Wildman–Crippen MR) is 191 cm³/mol. The fourth-order valence-electron chi connectivity index (χ4n) is 5.77. The Morgan fingerprint density at radius 2 is 0.739 bits per heavy atom. The molecule has 0 aliphatic carbocycles. The molecule has 0 aliphatic heterocycles. The molecule has 0 bridgehead atoms. The van der Waals surface area contributed by atoms with Gasteiger partial charge in [0.1, 0.15) is 0 Å². The molecular weight excluding hydrogens is 609 g/mol. The van der Waals surface area contributed by atoms with Crippen molar-refractivity contribution in [1.29, 1.82) is 0 Å². The molecule has 5 aromatic rings. The molecule has 6 nitrogen and oxygen atoms in total. The summed E-state index contributed by atoms with van der Waals surface area (Å²) in [5.41, 5.74) is 8.51. The van der Waals surface area contributed by atoms with Crippen LogP contribution in [0.2, 0.25) is 0 Å². The number of hydrogen-bond acceptors (Lipinski definition) is 6. The molecule has 0 aromatic heterocycles. The Morgan fingerprint density at radius 3 is 1.07 bits per heavy atom. The molecular formula is C38H42O6Si2. The molecule has 0 N–H and O–H groups in total. The first-order valence-electron chi connectivity index (χ1n) is 16.2. The standard InChI is InChI=1S/C38H42O6Si2/c1-7-39-45(40-8-2,41-9-3)23-21-35-33-19-15-16-20-34(33)36(22-24-46(42-10-4,43-11-5)44-12-6)38-28-32-26-30-18-14-13-17-29(30)25-31(32)27-37(35)38/h13-20,25-28H,7-12H2,1-6H3. The summed E-state index contributed by atoms with van der Waals surface area (Å²) in [5, 5.41) is 8.54. The molecule has 46 heavy (non-hydrogen) atoms. The van der Waals surface area contributed by atoms with Gasteiger partial charge in [-0.1, -0.05) is 60.4 Å². The van der Waals surface area contributed by atoms with Crippen molar-refractivity contribution in [3.05, 3.63) is 83.9 Å². The van der Waals surface area contributed by atoms with Crippen LogP contribution >= 0.6 is 0 Å². The van der Waals surface area contributed by atoms with Crippen LogP contribution in [0.4, 0.5) is 0 Å². The second-order valence-electron chi connectivity index (χ2n) is 10.5. The van der Waals surface area contributed by atoms with Crippen molar-refractivity contribution in [2.24, 2.45) is 0 Å². The summed E-state index contributed by atoms with van der Waals surface area (Å²) >= 11 is 0. The summed E-state index contributed by atoms with van der Waals surface area (Å²) < 4.78 is 36.6. The first kappa shape index (κ1) is 33.8. The zero-order chi connectivity index (χ0) is 32.6. The highest BCUT2D eigenvalue weighted by atomic mass is 28.4. The lowest BCUT2D eigenvalue weighted by atomic mass is 9.90. The first-order chi connectivity index (χ1) is 22.5. The number of hydrogen-bond donors (Lipinski definition) is 0. The van der Waals surface area contributed by atoms with E-state index in [4.69, 9.17) is 26.6 Å². The minimum atomic E-state index is -3.26. The van der Waals surface area contributed by atoms with Gasteiger partial charge in [0.2, 0.25) is 0 Å². The lowest BCUT2D eigenvalue weighted by molar-refractivity contribution is 0.0862. The smallest absolute Gasteiger partial charge is 0.364 e. The van der Waals surface area contributed by atoms with E-state index in [-0.39, 0.29) is 0 Å². The Kier molecular flexibility index (Phi) is 11.3. The van der Waals surface area contributed by atoms with Crippen LogP contribution < -0.4 is 0 Å². The summed E-state index contributed by atoms with van der Waals surface area (Å²) in [7, 11) is -6.51. The van der Waals surface area contributed by atoms with Gasteiger partial charge in [-0.15, -0.1) is 0 Å². The van der Waals surface area contributed by atoms with Gasteiger partial charge < -0.3 is 26.6 Å². The topological polar surface area (TPSA) is 55.4 Å². The monoisotopic (exact) mass is 650 g/mol. The van der Waals surface area contributed by atoms with Crippen LogP contribution in [0, 0.1) is 22.9 Å². The van der Waals surface area contributed by atoms with Crippen molar-refractivity contribution in [3.63, 3.8) is 0 Å². The van der Waals surface area contributed by atoms with Crippen LogP contribution in [-0.2, 0) is 26.6 Å². The normalized spacial score (nSPS) is 12.0. The first-order valence-corrected chi connectivity index (χ1v) is 19.6. The minimum Gasteiger partial charge on any atom is -0.364 e. The predicted octanol–water partition coefficient (Wildman–Crippen LogP) is 8.18. The molecule has 0 fully saturated rings. The Bertz CT molecular complexity index is 1790. The summed E-state index contributed by atoms with van der Waals surface area (Å²) in [6.45, 7) is 14.3. The Hall–Kier alpha value is -3.55. The molecule has 5 rings (SSSR count). The highest BCUT2D eigenvalue weighted by Gasteiger charge is 2.40. The van der Waals surface area contributed by atoms with E-state index in [9.17, 15) is 0 Å². The molecule has 0 amide bonds. The van der Waals surface area contributed by atoms with E-state index in [0.29, 0.717) is 39.6 Å². The molecule has 0 saturated heterocycles. The Balaban J connectivity index is 1.89. The largest absolute Gasteiger partial charge is 0.591 e. The highest BCUT2D eigenvalue weighted by molar-refractivity contribution is 6.70. The minimum absolute atomic E-state index is 0.444. The summed E-state index contributed by atoms with van der Waals surface area (Å²) in [5.74, 6) is 7.02. The van der Waals surface area contributed by atoms with E-state index in [1.54, 1.807) is 0 Å². The Morgan fingerprint density at radius 1 is 0.413 bits per heavy atom. The van der Waals surface area contributed by atoms with Crippen LogP contribution in [0.3, 0.4) is 0 Å². The van der Waals surface area contributed by atoms with Crippen molar-refractivity contribution in [2.45, 2.75) is 41.5 Å². The van der Waals surface area contributed by atoms with Crippen LogP contribution in [0.1, 0.15) is 52.7 Å². The molecule has 0 unspecified atom stereocenters. The maximum atomic E-state index is 6.10. The van der Waals surface area contributed by atoms with Gasteiger partial charge in [-0.25, -0.2) is 0 Å². The van der Waals surface area contributed by atoms with E-state index in [1.165, 1.54) is 10.8 Å². The van der Waals surface area contributed by atoms with Crippen molar-refractivity contribution in [2.75, 3.05) is 39.6 Å². The molecule has 0 heterocycles. The Labute approximate surface area is 274 Å². The van der Waals surface area contributed by atoms with Gasteiger partial charge in [0.05, 0.1) is 0 Å². The maximum absolute atomic E-state index is 6.10. The summed E-state index contributed by atoms with van der Waals surface area (Å²) in [6, 6.07) is 25.6. The third-order valence-corrected chi connectivity index (χ3v) is 12.4. The van der Waals surface area contributed by atoms with Gasteiger partial charge in [0.25, 0.3) is 0 Å². The van der Waals surface area contributed by atoms with Crippen LogP contribution in [-0.4, -0.2) is 57.3 Å². The third-order valence-electron chi connectivity index (χ3n) is 7.53. The average Bonchev–Trinajstić information content (AvgIpc) is 3.05. The fourth-order valence-corrected chi connectivity index (χ4v) is 9.54.